The van der Waals surface area contributed by atoms with E-state index in [0.29, 0.717) is 0 Å². The van der Waals surface area contributed by atoms with Gasteiger partial charge in [0.15, 0.2) is 6.29 Å². The van der Waals surface area contributed by atoms with Gasteiger partial charge in [0.25, 0.3) is 0 Å². The van der Waals surface area contributed by atoms with Crippen LogP contribution in [-0.4, -0.2) is 69.0 Å². The van der Waals surface area contributed by atoms with Gasteiger partial charge in [0.05, 0.1) is 0 Å². The van der Waals surface area contributed by atoms with Crippen molar-refractivity contribution < 1.29 is 43.4 Å². The van der Waals surface area contributed by atoms with Gasteiger partial charge < -0.3 is 35.4 Å². The van der Waals surface area contributed by atoms with E-state index < -0.39 is 50.3 Å². The Morgan fingerprint density at radius 1 is 1.18 bits per heavy atom. The molecule has 0 aromatic rings. The maximum atomic E-state index is 11.1. The Morgan fingerprint density at radius 3 is 2.23 bits per heavy atom. The van der Waals surface area contributed by atoms with Crippen LogP contribution in [0.15, 0.2) is 0 Å². The first-order chi connectivity index (χ1) is 10.0. The van der Waals surface area contributed by atoms with Crippen molar-refractivity contribution in [2.24, 2.45) is 0 Å². The number of nitrogens with one attached hydrogen (secondary N) is 2. The summed E-state index contributed by atoms with van der Waals surface area (Å²) in [7, 11) is -4.98. The van der Waals surface area contributed by atoms with Crippen LogP contribution >= 0.6 is 7.82 Å². The highest BCUT2D eigenvalue weighted by atomic mass is 31.2. The first-order valence-corrected chi connectivity index (χ1v) is 7.81. The fraction of sp³-hybridized carbons (Fsp3) is 0.800. The summed E-state index contributed by atoms with van der Waals surface area (Å²) < 4.78 is 20.5. The topological polar surface area (TPSA) is 175 Å². The second kappa shape index (κ2) is 7.47. The zero-order valence-electron chi connectivity index (χ0n) is 11.9. The third-order valence-corrected chi connectivity index (χ3v) is 3.35. The van der Waals surface area contributed by atoms with Crippen LogP contribution < -0.4 is 10.6 Å². The molecule has 0 spiro atoms. The summed E-state index contributed by atoms with van der Waals surface area (Å²) in [6.07, 6.45) is -6.02. The summed E-state index contributed by atoms with van der Waals surface area (Å²) in [5.74, 6) is -1.05. The fourth-order valence-corrected chi connectivity index (χ4v) is 2.41. The molecular weight excluding hydrogens is 323 g/mol. The minimum absolute atomic E-state index is 0.221. The molecule has 128 valence electrons. The summed E-state index contributed by atoms with van der Waals surface area (Å²) in [6, 6.07) is -1.39. The molecule has 22 heavy (non-hydrogen) atoms. The summed E-state index contributed by atoms with van der Waals surface area (Å²) in [5.41, 5.74) is 0. The molecule has 0 bridgehead atoms. The number of carbonyl (C=O) groups excluding carboxylic acids is 2. The Balaban J connectivity index is 2.91. The minimum atomic E-state index is -4.98. The lowest BCUT2D eigenvalue weighted by Crippen LogP contribution is -2.65. The van der Waals surface area contributed by atoms with Gasteiger partial charge in [0.1, 0.15) is 24.4 Å². The molecule has 11 nitrogen and oxygen atoms in total. The number of carbonyl (C=O) groups is 2. The number of aliphatic hydroxyl groups excluding tert-OH is 2. The van der Waals surface area contributed by atoms with Crippen LogP contribution in [0.5, 0.6) is 0 Å². The molecular formula is C10H19N2O9P. The van der Waals surface area contributed by atoms with Crippen LogP contribution in [0.1, 0.15) is 13.8 Å². The molecule has 1 unspecified atom stereocenters. The number of hydrogen-bond acceptors (Lipinski definition) is 7. The number of aliphatic hydroxyl groups is 2. The van der Waals surface area contributed by atoms with Gasteiger partial charge in [0.2, 0.25) is 11.8 Å². The van der Waals surface area contributed by atoms with E-state index in [1.807, 2.05) is 0 Å². The van der Waals surface area contributed by atoms with Crippen LogP contribution in [0.4, 0.5) is 0 Å². The molecule has 0 aromatic carbocycles. The number of phosphoric acid groups is 1. The number of phosphoric ester groups is 1. The van der Waals surface area contributed by atoms with Crippen LogP contribution in [0.3, 0.4) is 0 Å². The van der Waals surface area contributed by atoms with Crippen LogP contribution in [0, 0.1) is 0 Å². The first-order valence-electron chi connectivity index (χ1n) is 6.28. The maximum Gasteiger partial charge on any atom is 0.472 e. The standard InChI is InChI=1S/C10H19N2O9P/c1-4(13)11-3-6-8(15)9(16)7(12-5(2)14)10(20-6)21-22(17,18)19/h6-10,15-16H,3H2,1-2H3,(H,11,13)(H,12,14)(H2,17,18,19)/t6-,7-,8-,9-,10?/m1/s1. The maximum absolute atomic E-state index is 11.1. The van der Waals surface area contributed by atoms with E-state index in [2.05, 4.69) is 15.2 Å². The van der Waals surface area contributed by atoms with E-state index in [1.54, 1.807) is 0 Å². The Kier molecular flexibility index (Phi) is 6.44. The average Bonchev–Trinajstić information content (AvgIpc) is 2.34. The summed E-state index contributed by atoms with van der Waals surface area (Å²) in [6.45, 7) is 2.10. The molecule has 1 aliphatic heterocycles. The monoisotopic (exact) mass is 342 g/mol. The Morgan fingerprint density at radius 2 is 1.77 bits per heavy atom. The molecule has 1 saturated heterocycles. The fourth-order valence-electron chi connectivity index (χ4n) is 1.96. The van der Waals surface area contributed by atoms with E-state index in [9.17, 15) is 24.4 Å². The van der Waals surface area contributed by atoms with Crippen molar-refractivity contribution in [2.45, 2.75) is 44.5 Å². The second-order valence-electron chi connectivity index (χ2n) is 4.78. The van der Waals surface area contributed by atoms with E-state index >= 15 is 0 Å². The van der Waals surface area contributed by atoms with Crippen molar-refractivity contribution in [3.05, 3.63) is 0 Å². The van der Waals surface area contributed by atoms with Crippen molar-refractivity contribution in [1.29, 1.82) is 0 Å². The number of rotatable bonds is 5. The largest absolute Gasteiger partial charge is 0.472 e. The third kappa shape index (κ3) is 5.61. The lowest BCUT2D eigenvalue weighted by Gasteiger charge is -2.42. The van der Waals surface area contributed by atoms with Crippen molar-refractivity contribution in [1.82, 2.24) is 10.6 Å². The SMILES string of the molecule is CC(=O)NC[C@H]1OC(OP(=O)(O)O)[C@H](NC(C)=O)[C@@H](O)[C@@H]1O. The second-order valence-corrected chi connectivity index (χ2v) is 5.98. The smallest absolute Gasteiger partial charge is 0.388 e. The van der Waals surface area contributed by atoms with Crippen LogP contribution in [-0.2, 0) is 23.4 Å². The molecule has 5 atom stereocenters. The van der Waals surface area contributed by atoms with Crippen molar-refractivity contribution in [3.63, 3.8) is 0 Å². The molecule has 0 radical (unpaired) electrons. The van der Waals surface area contributed by atoms with Crippen LogP contribution in [0.2, 0.25) is 0 Å². The van der Waals surface area contributed by atoms with Crippen LogP contribution in [0.25, 0.3) is 0 Å². The van der Waals surface area contributed by atoms with Gasteiger partial charge >= 0.3 is 7.82 Å². The highest BCUT2D eigenvalue weighted by molar-refractivity contribution is 7.46. The quantitative estimate of drug-likeness (QED) is 0.288. The first kappa shape index (κ1) is 19.0. The molecule has 0 aliphatic carbocycles. The van der Waals surface area contributed by atoms with Gasteiger partial charge in [-0.3, -0.25) is 14.1 Å². The average molecular weight is 342 g/mol. The molecule has 1 fully saturated rings. The summed E-state index contributed by atoms with van der Waals surface area (Å²) >= 11 is 0. The summed E-state index contributed by atoms with van der Waals surface area (Å²) in [5, 5.41) is 24.4. The highest BCUT2D eigenvalue weighted by Crippen LogP contribution is 2.40. The van der Waals surface area contributed by atoms with Gasteiger partial charge in [0, 0.05) is 20.4 Å². The minimum Gasteiger partial charge on any atom is -0.388 e. The number of ether oxygens (including phenoxy) is 1. The molecule has 1 rings (SSSR count). The van der Waals surface area contributed by atoms with Crippen molar-refractivity contribution in [2.75, 3.05) is 6.54 Å². The van der Waals surface area contributed by atoms with Gasteiger partial charge in [-0.15, -0.1) is 0 Å². The molecule has 0 aromatic heterocycles. The van der Waals surface area contributed by atoms with Gasteiger partial charge in [-0.05, 0) is 0 Å². The number of amides is 2. The Labute approximate surface area is 125 Å². The third-order valence-electron chi connectivity index (χ3n) is 2.86. The highest BCUT2D eigenvalue weighted by Gasteiger charge is 2.47. The summed E-state index contributed by atoms with van der Waals surface area (Å²) in [4.78, 5) is 39.7. The zero-order chi connectivity index (χ0) is 17.1. The lowest BCUT2D eigenvalue weighted by atomic mass is 9.96. The normalized spacial score (nSPS) is 32.4. The van der Waals surface area contributed by atoms with Crippen molar-refractivity contribution in [3.8, 4) is 0 Å². The van der Waals surface area contributed by atoms with Gasteiger partial charge in [-0.25, -0.2) is 4.57 Å². The molecule has 0 saturated carbocycles. The molecule has 2 amide bonds. The zero-order valence-corrected chi connectivity index (χ0v) is 12.8. The Bertz CT molecular complexity index is 465. The Hall–Kier alpha value is -1.07. The molecule has 1 aliphatic rings. The van der Waals surface area contributed by atoms with E-state index in [0.717, 1.165) is 6.92 Å². The number of hydrogen-bond donors (Lipinski definition) is 6. The van der Waals surface area contributed by atoms with E-state index in [-0.39, 0.29) is 6.54 Å². The van der Waals surface area contributed by atoms with E-state index in [1.165, 1.54) is 6.92 Å². The molecule has 6 N–H and O–H groups in total. The van der Waals surface area contributed by atoms with E-state index in [4.69, 9.17) is 14.5 Å². The lowest BCUT2D eigenvalue weighted by molar-refractivity contribution is -0.239. The van der Waals surface area contributed by atoms with Crippen molar-refractivity contribution >= 4 is 19.6 Å². The predicted octanol–water partition coefficient (Wildman–Crippen LogP) is -2.82. The predicted molar refractivity (Wildman–Crippen MR) is 70.1 cm³/mol. The molecule has 1 heterocycles. The van der Waals surface area contributed by atoms with Gasteiger partial charge in [-0.1, -0.05) is 0 Å². The van der Waals surface area contributed by atoms with Gasteiger partial charge in [-0.2, -0.15) is 0 Å². The molecule has 12 heteroatoms.